The molecule has 0 amide bonds. The van der Waals surface area contributed by atoms with Crippen LogP contribution < -0.4 is 5.32 Å². The highest BCUT2D eigenvalue weighted by Crippen LogP contribution is 2.19. The topological polar surface area (TPSA) is 12.0 Å². The number of hydrogen-bond donors (Lipinski definition) is 1. The molecule has 1 unspecified atom stereocenters. The number of aryl methyl sites for hydroxylation is 2. The van der Waals surface area contributed by atoms with Crippen LogP contribution in [0.15, 0.2) is 48.5 Å². The molecule has 1 nitrogen and oxygen atoms in total. The molecule has 1 atom stereocenters. The zero-order chi connectivity index (χ0) is 13.7. The third-order valence-electron chi connectivity index (χ3n) is 3.30. The second-order valence-electron chi connectivity index (χ2n) is 5.03. The number of nitrogens with one attached hydrogen (secondary N) is 1. The Bertz CT molecular complexity index is 522. The van der Waals surface area contributed by atoms with Crippen LogP contribution in [0.2, 0.25) is 0 Å². The molecule has 0 saturated carbocycles. The van der Waals surface area contributed by atoms with E-state index in [0.717, 1.165) is 12.8 Å². The fraction of sp³-hybridized carbons (Fsp3) is 0.294. The fourth-order valence-corrected chi connectivity index (χ4v) is 2.80. The summed E-state index contributed by atoms with van der Waals surface area (Å²) in [6, 6.07) is 17.7. The summed E-state index contributed by atoms with van der Waals surface area (Å²) in [6.45, 7) is 4.41. The van der Waals surface area contributed by atoms with E-state index in [1.54, 1.807) is 0 Å². The molecular formula is C17H20IN. The summed E-state index contributed by atoms with van der Waals surface area (Å²) in [7, 11) is 0. The molecule has 2 heteroatoms. The Morgan fingerprint density at radius 2 is 1.84 bits per heavy atom. The van der Waals surface area contributed by atoms with Gasteiger partial charge in [0.2, 0.25) is 0 Å². The van der Waals surface area contributed by atoms with Gasteiger partial charge in [0.25, 0.3) is 0 Å². The van der Waals surface area contributed by atoms with Crippen LogP contribution >= 0.6 is 22.6 Å². The fourth-order valence-electron chi connectivity index (χ4n) is 2.15. The minimum Gasteiger partial charge on any atom is -0.382 e. The Balaban J connectivity index is 1.89. The van der Waals surface area contributed by atoms with E-state index in [9.17, 15) is 0 Å². The molecule has 0 radical (unpaired) electrons. The van der Waals surface area contributed by atoms with Crippen molar-refractivity contribution in [3.05, 3.63) is 63.2 Å². The van der Waals surface area contributed by atoms with Gasteiger partial charge in [-0.15, -0.1) is 0 Å². The molecule has 0 aliphatic carbocycles. The SMILES string of the molecule is Cc1cc(I)ccc1NC(C)CCc1ccccc1. The van der Waals surface area contributed by atoms with Crippen molar-refractivity contribution in [2.45, 2.75) is 32.7 Å². The summed E-state index contributed by atoms with van der Waals surface area (Å²) in [5.41, 5.74) is 3.98. The summed E-state index contributed by atoms with van der Waals surface area (Å²) in [4.78, 5) is 0. The van der Waals surface area contributed by atoms with Gasteiger partial charge >= 0.3 is 0 Å². The van der Waals surface area contributed by atoms with Crippen molar-refractivity contribution in [3.8, 4) is 0 Å². The van der Waals surface area contributed by atoms with Crippen molar-refractivity contribution in [1.29, 1.82) is 0 Å². The first-order chi connectivity index (χ1) is 9.15. The minimum absolute atomic E-state index is 0.485. The van der Waals surface area contributed by atoms with Gasteiger partial charge in [0.05, 0.1) is 0 Å². The molecule has 0 aliphatic heterocycles. The van der Waals surface area contributed by atoms with Crippen LogP contribution in [0.5, 0.6) is 0 Å². The largest absolute Gasteiger partial charge is 0.382 e. The molecule has 0 spiro atoms. The minimum atomic E-state index is 0.485. The normalized spacial score (nSPS) is 12.2. The van der Waals surface area contributed by atoms with Crippen LogP contribution in [0.25, 0.3) is 0 Å². The van der Waals surface area contributed by atoms with Gasteiger partial charge in [-0.05, 0) is 78.6 Å². The number of rotatable bonds is 5. The molecular weight excluding hydrogens is 345 g/mol. The molecule has 0 fully saturated rings. The van der Waals surface area contributed by atoms with E-state index in [-0.39, 0.29) is 0 Å². The van der Waals surface area contributed by atoms with E-state index in [1.807, 2.05) is 0 Å². The molecule has 0 saturated heterocycles. The molecule has 19 heavy (non-hydrogen) atoms. The first-order valence-electron chi connectivity index (χ1n) is 6.72. The molecule has 2 rings (SSSR count). The second-order valence-corrected chi connectivity index (χ2v) is 6.27. The average Bonchev–Trinajstić information content (AvgIpc) is 2.41. The predicted octanol–water partition coefficient (Wildman–Crippen LogP) is 5.03. The first kappa shape index (κ1) is 14.4. The third-order valence-corrected chi connectivity index (χ3v) is 3.97. The molecule has 0 aromatic heterocycles. The first-order valence-corrected chi connectivity index (χ1v) is 7.79. The lowest BCUT2D eigenvalue weighted by Crippen LogP contribution is -2.16. The molecule has 2 aromatic rings. The van der Waals surface area contributed by atoms with Crippen molar-refractivity contribution in [2.75, 3.05) is 5.32 Å². The average molecular weight is 365 g/mol. The van der Waals surface area contributed by atoms with Crippen molar-refractivity contribution in [2.24, 2.45) is 0 Å². The Hall–Kier alpha value is -1.03. The number of hydrogen-bond acceptors (Lipinski definition) is 1. The lowest BCUT2D eigenvalue weighted by molar-refractivity contribution is 0.705. The van der Waals surface area contributed by atoms with Crippen molar-refractivity contribution >= 4 is 28.3 Å². The quantitative estimate of drug-likeness (QED) is 0.733. The van der Waals surface area contributed by atoms with E-state index < -0.39 is 0 Å². The van der Waals surface area contributed by atoms with Crippen LogP contribution in [-0.4, -0.2) is 6.04 Å². The predicted molar refractivity (Wildman–Crippen MR) is 91.7 cm³/mol. The van der Waals surface area contributed by atoms with E-state index in [2.05, 4.69) is 90.3 Å². The van der Waals surface area contributed by atoms with Crippen LogP contribution in [0.1, 0.15) is 24.5 Å². The number of halogens is 1. The number of benzene rings is 2. The summed E-state index contributed by atoms with van der Waals surface area (Å²) in [5.74, 6) is 0. The zero-order valence-corrected chi connectivity index (χ0v) is 13.6. The lowest BCUT2D eigenvalue weighted by atomic mass is 10.1. The maximum absolute atomic E-state index is 3.60. The molecule has 1 N–H and O–H groups in total. The monoisotopic (exact) mass is 365 g/mol. The van der Waals surface area contributed by atoms with Crippen molar-refractivity contribution < 1.29 is 0 Å². The van der Waals surface area contributed by atoms with E-state index in [0.29, 0.717) is 6.04 Å². The molecule has 0 heterocycles. The third kappa shape index (κ3) is 4.53. The van der Waals surface area contributed by atoms with Gasteiger partial charge in [0, 0.05) is 15.3 Å². The zero-order valence-electron chi connectivity index (χ0n) is 11.5. The summed E-state index contributed by atoms with van der Waals surface area (Å²) in [5, 5.41) is 3.60. The van der Waals surface area contributed by atoms with Gasteiger partial charge in [0.15, 0.2) is 0 Å². The van der Waals surface area contributed by atoms with Crippen molar-refractivity contribution in [1.82, 2.24) is 0 Å². The van der Waals surface area contributed by atoms with Gasteiger partial charge in [-0.25, -0.2) is 0 Å². The molecule has 0 aliphatic rings. The van der Waals surface area contributed by atoms with Crippen LogP contribution in [0.3, 0.4) is 0 Å². The second kappa shape index (κ2) is 6.94. The van der Waals surface area contributed by atoms with E-state index in [4.69, 9.17) is 0 Å². The summed E-state index contributed by atoms with van der Waals surface area (Å²) < 4.78 is 1.29. The standard InChI is InChI=1S/C17H20IN/c1-13-12-16(18)10-11-17(13)19-14(2)8-9-15-6-4-3-5-7-15/h3-7,10-12,14,19H,8-9H2,1-2H3. The van der Waals surface area contributed by atoms with Gasteiger partial charge in [-0.3, -0.25) is 0 Å². The summed E-state index contributed by atoms with van der Waals surface area (Å²) >= 11 is 2.35. The number of anilines is 1. The Labute approximate surface area is 129 Å². The highest BCUT2D eigenvalue weighted by molar-refractivity contribution is 14.1. The molecule has 2 aromatic carbocycles. The Morgan fingerprint density at radius 3 is 2.53 bits per heavy atom. The maximum Gasteiger partial charge on any atom is 0.0372 e. The Morgan fingerprint density at radius 1 is 1.11 bits per heavy atom. The van der Waals surface area contributed by atoms with E-state index >= 15 is 0 Å². The van der Waals surface area contributed by atoms with Crippen LogP contribution in [-0.2, 0) is 6.42 Å². The summed E-state index contributed by atoms with van der Waals surface area (Å²) in [6.07, 6.45) is 2.27. The molecule has 100 valence electrons. The maximum atomic E-state index is 3.60. The van der Waals surface area contributed by atoms with Gasteiger partial charge in [-0.1, -0.05) is 30.3 Å². The van der Waals surface area contributed by atoms with Gasteiger partial charge < -0.3 is 5.32 Å². The highest BCUT2D eigenvalue weighted by Gasteiger charge is 2.05. The van der Waals surface area contributed by atoms with Crippen LogP contribution in [0, 0.1) is 10.5 Å². The van der Waals surface area contributed by atoms with Crippen molar-refractivity contribution in [3.63, 3.8) is 0 Å². The molecule has 0 bridgehead atoms. The Kier molecular flexibility index (Phi) is 5.25. The van der Waals surface area contributed by atoms with Crippen LogP contribution in [0.4, 0.5) is 5.69 Å². The lowest BCUT2D eigenvalue weighted by Gasteiger charge is -2.17. The highest BCUT2D eigenvalue weighted by atomic mass is 127. The van der Waals surface area contributed by atoms with Gasteiger partial charge in [-0.2, -0.15) is 0 Å². The smallest absolute Gasteiger partial charge is 0.0372 e. The van der Waals surface area contributed by atoms with Gasteiger partial charge in [0.1, 0.15) is 0 Å². The van der Waals surface area contributed by atoms with E-state index in [1.165, 1.54) is 20.4 Å².